The molecule has 1 aliphatic rings. The van der Waals surface area contributed by atoms with E-state index in [4.69, 9.17) is 4.74 Å². The maximum Gasteiger partial charge on any atom is 0.215 e. The Balaban J connectivity index is 2.17. The molecule has 1 atom stereocenters. The molecular weight excluding hydrogens is 188 g/mol. The molecular formula is C12H18N2O. The highest BCUT2D eigenvalue weighted by Gasteiger charge is 2.16. The van der Waals surface area contributed by atoms with E-state index in [9.17, 15) is 0 Å². The van der Waals surface area contributed by atoms with Gasteiger partial charge in [0.15, 0.2) is 0 Å². The zero-order valence-corrected chi connectivity index (χ0v) is 9.42. The number of aromatic nitrogens is 1. The van der Waals surface area contributed by atoms with Crippen LogP contribution in [0, 0.1) is 6.92 Å². The van der Waals surface area contributed by atoms with E-state index >= 15 is 0 Å². The molecule has 0 aliphatic carbocycles. The van der Waals surface area contributed by atoms with E-state index in [2.05, 4.69) is 16.4 Å². The summed E-state index contributed by atoms with van der Waals surface area (Å²) in [7, 11) is 1.66. The van der Waals surface area contributed by atoms with Gasteiger partial charge in [0, 0.05) is 18.3 Å². The molecule has 2 rings (SSSR count). The lowest BCUT2D eigenvalue weighted by Crippen LogP contribution is -2.28. The molecule has 1 aromatic rings. The highest BCUT2D eigenvalue weighted by atomic mass is 16.5. The number of piperidine rings is 1. The van der Waals surface area contributed by atoms with E-state index in [1.165, 1.54) is 18.4 Å². The Hall–Kier alpha value is -1.09. The van der Waals surface area contributed by atoms with Gasteiger partial charge in [-0.05, 0) is 43.9 Å². The fourth-order valence-electron chi connectivity index (χ4n) is 2.16. The number of ether oxygens (including phenoxy) is 1. The number of hydrogen-bond donors (Lipinski definition) is 1. The second kappa shape index (κ2) is 4.62. The van der Waals surface area contributed by atoms with E-state index in [0.717, 1.165) is 24.5 Å². The molecule has 0 aromatic carbocycles. The Morgan fingerprint density at radius 1 is 1.53 bits per heavy atom. The Morgan fingerprint density at radius 2 is 2.40 bits per heavy atom. The summed E-state index contributed by atoms with van der Waals surface area (Å²) < 4.78 is 5.16. The molecule has 0 amide bonds. The molecule has 1 saturated heterocycles. The smallest absolute Gasteiger partial charge is 0.215 e. The summed E-state index contributed by atoms with van der Waals surface area (Å²) in [6.45, 7) is 4.28. The predicted octanol–water partition coefficient (Wildman–Crippen LogP) is 1.87. The van der Waals surface area contributed by atoms with Crippen LogP contribution >= 0.6 is 0 Å². The Labute approximate surface area is 90.9 Å². The summed E-state index contributed by atoms with van der Waals surface area (Å²) in [5.41, 5.74) is 2.46. The lowest BCUT2D eigenvalue weighted by Gasteiger charge is -2.23. The number of aryl methyl sites for hydroxylation is 1. The van der Waals surface area contributed by atoms with E-state index in [-0.39, 0.29) is 0 Å². The highest BCUT2D eigenvalue weighted by molar-refractivity contribution is 5.30. The molecule has 0 saturated carbocycles. The van der Waals surface area contributed by atoms with Crippen molar-refractivity contribution in [2.45, 2.75) is 25.7 Å². The molecule has 82 valence electrons. The molecule has 1 unspecified atom stereocenters. The third kappa shape index (κ3) is 2.29. The Bertz CT molecular complexity index is 332. The number of nitrogens with one attached hydrogen (secondary N) is 1. The van der Waals surface area contributed by atoms with Crippen LogP contribution in [0.3, 0.4) is 0 Å². The van der Waals surface area contributed by atoms with Gasteiger partial charge in [-0.2, -0.15) is 0 Å². The van der Waals surface area contributed by atoms with Gasteiger partial charge < -0.3 is 10.1 Å². The normalized spacial score (nSPS) is 21.3. The summed E-state index contributed by atoms with van der Waals surface area (Å²) in [5.74, 6) is 1.36. The van der Waals surface area contributed by atoms with Crippen molar-refractivity contribution >= 4 is 0 Å². The number of nitrogens with zero attached hydrogens (tertiary/aromatic N) is 1. The van der Waals surface area contributed by atoms with Crippen LogP contribution in [0.25, 0.3) is 0 Å². The van der Waals surface area contributed by atoms with Gasteiger partial charge in [0.25, 0.3) is 0 Å². The predicted molar refractivity (Wildman–Crippen MR) is 60.4 cm³/mol. The number of rotatable bonds is 2. The van der Waals surface area contributed by atoms with E-state index < -0.39 is 0 Å². The summed E-state index contributed by atoms with van der Waals surface area (Å²) >= 11 is 0. The molecule has 1 N–H and O–H groups in total. The standard InChI is InChI=1S/C12H18N2O/c1-9-6-11(8-14-12(9)15-2)10-4-3-5-13-7-10/h6,8,10,13H,3-5,7H2,1-2H3. The molecule has 0 bridgehead atoms. The van der Waals surface area contributed by atoms with Gasteiger partial charge in [-0.3, -0.25) is 0 Å². The van der Waals surface area contributed by atoms with Crippen molar-refractivity contribution in [3.63, 3.8) is 0 Å². The Kier molecular flexibility index (Phi) is 3.21. The van der Waals surface area contributed by atoms with Gasteiger partial charge in [-0.25, -0.2) is 4.98 Å². The topological polar surface area (TPSA) is 34.1 Å². The third-order valence-electron chi connectivity index (χ3n) is 3.01. The maximum atomic E-state index is 5.16. The molecule has 1 aliphatic heterocycles. The van der Waals surface area contributed by atoms with Crippen molar-refractivity contribution in [2.75, 3.05) is 20.2 Å². The van der Waals surface area contributed by atoms with E-state index in [1.54, 1.807) is 7.11 Å². The van der Waals surface area contributed by atoms with Crippen molar-refractivity contribution in [1.29, 1.82) is 0 Å². The third-order valence-corrected chi connectivity index (χ3v) is 3.01. The minimum atomic E-state index is 0.621. The highest BCUT2D eigenvalue weighted by Crippen LogP contribution is 2.25. The quantitative estimate of drug-likeness (QED) is 0.802. The second-order valence-electron chi connectivity index (χ2n) is 4.14. The molecule has 1 fully saturated rings. The van der Waals surface area contributed by atoms with Gasteiger partial charge in [-0.15, -0.1) is 0 Å². The first-order valence-electron chi connectivity index (χ1n) is 5.52. The van der Waals surface area contributed by atoms with Crippen LogP contribution in [0.4, 0.5) is 0 Å². The van der Waals surface area contributed by atoms with Crippen molar-refractivity contribution < 1.29 is 4.74 Å². The molecule has 0 spiro atoms. The first kappa shape index (κ1) is 10.4. The van der Waals surface area contributed by atoms with Crippen molar-refractivity contribution in [1.82, 2.24) is 10.3 Å². The summed E-state index contributed by atoms with van der Waals surface area (Å²) in [6.07, 6.45) is 4.47. The summed E-state index contributed by atoms with van der Waals surface area (Å²) in [6, 6.07) is 2.20. The van der Waals surface area contributed by atoms with Crippen molar-refractivity contribution in [3.05, 3.63) is 23.4 Å². The van der Waals surface area contributed by atoms with Gasteiger partial charge in [0.05, 0.1) is 7.11 Å². The van der Waals surface area contributed by atoms with Crippen LogP contribution in [-0.2, 0) is 0 Å². The molecule has 15 heavy (non-hydrogen) atoms. The number of methoxy groups -OCH3 is 1. The molecule has 1 aromatic heterocycles. The van der Waals surface area contributed by atoms with E-state index in [0.29, 0.717) is 5.92 Å². The average molecular weight is 206 g/mol. The van der Waals surface area contributed by atoms with Gasteiger partial charge in [0.2, 0.25) is 5.88 Å². The summed E-state index contributed by atoms with van der Waals surface area (Å²) in [4.78, 5) is 4.32. The lowest BCUT2D eigenvalue weighted by molar-refractivity contribution is 0.393. The zero-order chi connectivity index (χ0) is 10.7. The van der Waals surface area contributed by atoms with Gasteiger partial charge >= 0.3 is 0 Å². The van der Waals surface area contributed by atoms with E-state index in [1.807, 2.05) is 13.1 Å². The van der Waals surface area contributed by atoms with Crippen LogP contribution < -0.4 is 10.1 Å². The van der Waals surface area contributed by atoms with Gasteiger partial charge in [0.1, 0.15) is 0 Å². The molecule has 3 heteroatoms. The largest absolute Gasteiger partial charge is 0.481 e. The first-order valence-corrected chi connectivity index (χ1v) is 5.52. The fourth-order valence-corrected chi connectivity index (χ4v) is 2.16. The average Bonchev–Trinajstić information content (AvgIpc) is 2.30. The fraction of sp³-hybridized carbons (Fsp3) is 0.583. The minimum absolute atomic E-state index is 0.621. The van der Waals surface area contributed by atoms with Crippen LogP contribution in [0.2, 0.25) is 0 Å². The number of hydrogen-bond acceptors (Lipinski definition) is 3. The SMILES string of the molecule is COc1ncc(C2CCCNC2)cc1C. The molecule has 3 nitrogen and oxygen atoms in total. The van der Waals surface area contributed by atoms with Crippen molar-refractivity contribution in [3.8, 4) is 5.88 Å². The van der Waals surface area contributed by atoms with Crippen LogP contribution in [0.1, 0.15) is 29.9 Å². The van der Waals surface area contributed by atoms with Crippen LogP contribution in [0.15, 0.2) is 12.3 Å². The lowest BCUT2D eigenvalue weighted by atomic mass is 9.92. The number of pyridine rings is 1. The molecule has 2 heterocycles. The minimum Gasteiger partial charge on any atom is -0.481 e. The molecule has 0 radical (unpaired) electrons. The summed E-state index contributed by atoms with van der Waals surface area (Å²) in [5, 5.41) is 3.42. The monoisotopic (exact) mass is 206 g/mol. The van der Waals surface area contributed by atoms with Gasteiger partial charge in [-0.1, -0.05) is 0 Å². The van der Waals surface area contributed by atoms with Crippen molar-refractivity contribution in [2.24, 2.45) is 0 Å². The second-order valence-corrected chi connectivity index (χ2v) is 4.14. The van der Waals surface area contributed by atoms with Crippen LogP contribution in [-0.4, -0.2) is 25.2 Å². The zero-order valence-electron chi connectivity index (χ0n) is 9.42. The van der Waals surface area contributed by atoms with Crippen LogP contribution in [0.5, 0.6) is 5.88 Å². The first-order chi connectivity index (χ1) is 7.31. The maximum absolute atomic E-state index is 5.16. The Morgan fingerprint density at radius 3 is 3.00 bits per heavy atom.